The Morgan fingerprint density at radius 1 is 1.57 bits per heavy atom. The van der Waals surface area contributed by atoms with Gasteiger partial charge in [-0.2, -0.15) is 0 Å². The molecule has 1 atom stereocenters. The molecule has 0 bridgehead atoms. The van der Waals surface area contributed by atoms with E-state index in [-0.39, 0.29) is 11.8 Å². The molecule has 1 heterocycles. The fourth-order valence-electron chi connectivity index (χ4n) is 1.98. The average molecular weight is 190 g/mol. The Kier molecular flexibility index (Phi) is 2.23. The van der Waals surface area contributed by atoms with Crippen LogP contribution in [0.4, 0.5) is 0 Å². The minimum Gasteiger partial charge on any atom is -0.359 e. The number of aromatic nitrogens is 1. The number of hydrogen-bond donors (Lipinski definition) is 1. The zero-order chi connectivity index (χ0) is 10.1. The standard InChI is InChI=1S/C11H14N2O/c1-7-3-4-8-5-6-9(10(8)13-7)11(14)12-2/h3-4,9H,5-6H2,1-2H3,(H,12,14). The van der Waals surface area contributed by atoms with E-state index in [1.807, 2.05) is 13.0 Å². The maximum absolute atomic E-state index is 11.5. The zero-order valence-corrected chi connectivity index (χ0v) is 8.50. The summed E-state index contributed by atoms with van der Waals surface area (Å²) in [5.41, 5.74) is 3.19. The molecule has 0 spiro atoms. The van der Waals surface area contributed by atoms with Gasteiger partial charge in [-0.3, -0.25) is 9.78 Å². The molecule has 3 nitrogen and oxygen atoms in total. The molecule has 1 aliphatic rings. The van der Waals surface area contributed by atoms with Crippen molar-refractivity contribution in [2.45, 2.75) is 25.7 Å². The Hall–Kier alpha value is -1.38. The minimum atomic E-state index is -0.0325. The lowest BCUT2D eigenvalue weighted by Crippen LogP contribution is -2.24. The number of nitrogens with zero attached hydrogens (tertiary/aromatic N) is 1. The van der Waals surface area contributed by atoms with Crippen molar-refractivity contribution in [3.8, 4) is 0 Å². The summed E-state index contributed by atoms with van der Waals surface area (Å²) in [5.74, 6) is 0.0525. The number of amides is 1. The predicted octanol–water partition coefficient (Wildman–Crippen LogP) is 1.17. The molecule has 0 aromatic carbocycles. The summed E-state index contributed by atoms with van der Waals surface area (Å²) in [4.78, 5) is 16.0. The molecule has 0 radical (unpaired) electrons. The van der Waals surface area contributed by atoms with Gasteiger partial charge in [0.1, 0.15) is 0 Å². The fourth-order valence-corrected chi connectivity index (χ4v) is 1.98. The van der Waals surface area contributed by atoms with Gasteiger partial charge in [0.2, 0.25) is 5.91 Å². The molecule has 0 fully saturated rings. The van der Waals surface area contributed by atoms with Crippen molar-refractivity contribution < 1.29 is 4.79 Å². The second kappa shape index (κ2) is 3.40. The van der Waals surface area contributed by atoms with Gasteiger partial charge in [0.25, 0.3) is 0 Å². The van der Waals surface area contributed by atoms with Gasteiger partial charge in [0.15, 0.2) is 0 Å². The number of pyridine rings is 1. The van der Waals surface area contributed by atoms with E-state index in [1.54, 1.807) is 7.05 Å². The Bertz CT molecular complexity index is 374. The van der Waals surface area contributed by atoms with Gasteiger partial charge in [-0.1, -0.05) is 6.07 Å². The molecule has 0 saturated carbocycles. The van der Waals surface area contributed by atoms with Gasteiger partial charge in [0.05, 0.1) is 11.6 Å². The topological polar surface area (TPSA) is 42.0 Å². The van der Waals surface area contributed by atoms with E-state index in [0.29, 0.717) is 0 Å². The molecule has 1 aliphatic carbocycles. The minimum absolute atomic E-state index is 0.0325. The summed E-state index contributed by atoms with van der Waals surface area (Å²) >= 11 is 0. The second-order valence-corrected chi connectivity index (χ2v) is 3.70. The number of fused-ring (bicyclic) bond motifs is 1. The number of rotatable bonds is 1. The fraction of sp³-hybridized carbons (Fsp3) is 0.455. The smallest absolute Gasteiger partial charge is 0.228 e. The van der Waals surface area contributed by atoms with E-state index in [1.165, 1.54) is 5.56 Å². The van der Waals surface area contributed by atoms with E-state index < -0.39 is 0 Å². The summed E-state index contributed by atoms with van der Waals surface area (Å²) < 4.78 is 0. The molecule has 1 aromatic heterocycles. The molecule has 74 valence electrons. The largest absolute Gasteiger partial charge is 0.359 e. The first-order valence-corrected chi connectivity index (χ1v) is 4.90. The molecule has 1 amide bonds. The van der Waals surface area contributed by atoms with E-state index >= 15 is 0 Å². The zero-order valence-electron chi connectivity index (χ0n) is 8.50. The number of hydrogen-bond acceptors (Lipinski definition) is 2. The van der Waals surface area contributed by atoms with Crippen LogP contribution in [0.5, 0.6) is 0 Å². The van der Waals surface area contributed by atoms with Crippen LogP contribution in [-0.4, -0.2) is 17.9 Å². The average Bonchev–Trinajstić information content (AvgIpc) is 2.59. The van der Waals surface area contributed by atoms with Crippen LogP contribution in [0.1, 0.15) is 29.3 Å². The molecule has 1 N–H and O–H groups in total. The van der Waals surface area contributed by atoms with Crippen LogP contribution in [0.15, 0.2) is 12.1 Å². The van der Waals surface area contributed by atoms with Crippen LogP contribution in [0.3, 0.4) is 0 Å². The van der Waals surface area contributed by atoms with Crippen LogP contribution in [-0.2, 0) is 11.2 Å². The molecule has 1 unspecified atom stereocenters. The van der Waals surface area contributed by atoms with E-state index in [2.05, 4.69) is 16.4 Å². The molecule has 14 heavy (non-hydrogen) atoms. The van der Waals surface area contributed by atoms with Crippen molar-refractivity contribution in [2.24, 2.45) is 0 Å². The first kappa shape index (κ1) is 9.19. The second-order valence-electron chi connectivity index (χ2n) is 3.70. The number of nitrogens with one attached hydrogen (secondary N) is 1. The third-order valence-corrected chi connectivity index (χ3v) is 2.75. The van der Waals surface area contributed by atoms with Crippen LogP contribution in [0.2, 0.25) is 0 Å². The van der Waals surface area contributed by atoms with Crippen molar-refractivity contribution >= 4 is 5.91 Å². The molecular weight excluding hydrogens is 176 g/mol. The van der Waals surface area contributed by atoms with Crippen LogP contribution in [0.25, 0.3) is 0 Å². The highest BCUT2D eigenvalue weighted by Gasteiger charge is 2.29. The summed E-state index contributed by atoms with van der Waals surface area (Å²) in [7, 11) is 1.68. The van der Waals surface area contributed by atoms with Crippen LogP contribution in [0, 0.1) is 6.92 Å². The van der Waals surface area contributed by atoms with E-state index in [4.69, 9.17) is 0 Å². The molecule has 1 aromatic rings. The first-order valence-electron chi connectivity index (χ1n) is 4.90. The molecule has 0 saturated heterocycles. The van der Waals surface area contributed by atoms with Gasteiger partial charge in [-0.15, -0.1) is 0 Å². The lowest BCUT2D eigenvalue weighted by molar-refractivity contribution is -0.122. The maximum Gasteiger partial charge on any atom is 0.228 e. The Morgan fingerprint density at radius 3 is 3.07 bits per heavy atom. The lowest BCUT2D eigenvalue weighted by atomic mass is 10.1. The lowest BCUT2D eigenvalue weighted by Gasteiger charge is -2.08. The van der Waals surface area contributed by atoms with Crippen molar-refractivity contribution in [3.05, 3.63) is 29.1 Å². The van der Waals surface area contributed by atoms with Gasteiger partial charge in [-0.25, -0.2) is 0 Å². The molecule has 2 rings (SSSR count). The highest BCUT2D eigenvalue weighted by molar-refractivity contribution is 5.84. The molecular formula is C11H14N2O. The summed E-state index contributed by atoms with van der Waals surface area (Å²) in [5, 5.41) is 2.69. The molecule has 3 heteroatoms. The highest BCUT2D eigenvalue weighted by atomic mass is 16.1. The Morgan fingerprint density at radius 2 is 2.36 bits per heavy atom. The van der Waals surface area contributed by atoms with Gasteiger partial charge in [-0.05, 0) is 31.4 Å². The Balaban J connectivity index is 2.38. The summed E-state index contributed by atoms with van der Waals surface area (Å²) in [6.07, 6.45) is 1.87. The van der Waals surface area contributed by atoms with Crippen LogP contribution < -0.4 is 5.32 Å². The number of aryl methyl sites for hydroxylation is 2. The van der Waals surface area contributed by atoms with Crippen molar-refractivity contribution in [1.82, 2.24) is 10.3 Å². The monoisotopic (exact) mass is 190 g/mol. The van der Waals surface area contributed by atoms with Crippen molar-refractivity contribution in [1.29, 1.82) is 0 Å². The SMILES string of the molecule is CNC(=O)C1CCc2ccc(C)nc21. The predicted molar refractivity (Wildman–Crippen MR) is 54.1 cm³/mol. The van der Waals surface area contributed by atoms with Gasteiger partial charge >= 0.3 is 0 Å². The summed E-state index contributed by atoms with van der Waals surface area (Å²) in [6.45, 7) is 1.96. The number of carbonyl (C=O) groups is 1. The van der Waals surface area contributed by atoms with Gasteiger partial charge < -0.3 is 5.32 Å². The third-order valence-electron chi connectivity index (χ3n) is 2.75. The van der Waals surface area contributed by atoms with Crippen LogP contribution >= 0.6 is 0 Å². The third kappa shape index (κ3) is 1.39. The highest BCUT2D eigenvalue weighted by Crippen LogP contribution is 2.31. The quantitative estimate of drug-likeness (QED) is 0.722. The van der Waals surface area contributed by atoms with E-state index in [9.17, 15) is 4.79 Å². The van der Waals surface area contributed by atoms with E-state index in [0.717, 1.165) is 24.2 Å². The van der Waals surface area contributed by atoms with Gasteiger partial charge in [0, 0.05) is 12.7 Å². The van der Waals surface area contributed by atoms with Crippen molar-refractivity contribution in [3.63, 3.8) is 0 Å². The summed E-state index contributed by atoms with van der Waals surface area (Å²) in [6, 6.07) is 4.09. The number of carbonyl (C=O) groups excluding carboxylic acids is 1. The van der Waals surface area contributed by atoms with Crippen molar-refractivity contribution in [2.75, 3.05) is 7.05 Å². The first-order chi connectivity index (χ1) is 6.72. The Labute approximate surface area is 83.5 Å². The number of likely N-dealkylation sites (N-methyl/N-ethyl adjacent to an activating group) is 1. The normalized spacial score (nSPS) is 19.1. The maximum atomic E-state index is 11.5. The molecule has 0 aliphatic heterocycles.